The summed E-state index contributed by atoms with van der Waals surface area (Å²) in [6.07, 6.45) is 13.8. The van der Waals surface area contributed by atoms with Crippen molar-refractivity contribution in [2.45, 2.75) is 12.0 Å². The monoisotopic (exact) mass is 594 g/mol. The van der Waals surface area contributed by atoms with E-state index >= 15 is 0 Å². The van der Waals surface area contributed by atoms with E-state index in [2.05, 4.69) is 95.8 Å². The van der Waals surface area contributed by atoms with Gasteiger partial charge in [-0.3, -0.25) is 19.9 Å². The summed E-state index contributed by atoms with van der Waals surface area (Å²) in [7, 11) is 0. The number of allylic oxidation sites excluding steroid dienone is 2. The minimum atomic E-state index is -0.116. The highest BCUT2D eigenvalue weighted by Crippen LogP contribution is 2.49. The Hall–Kier alpha value is -6.28. The highest BCUT2D eigenvalue weighted by molar-refractivity contribution is 6.10. The number of hydrogen-bond donors (Lipinski definition) is 0. The number of hydrogen-bond acceptors (Lipinski definition) is 6. The van der Waals surface area contributed by atoms with Gasteiger partial charge in [0.25, 0.3) is 0 Å². The normalized spacial score (nSPS) is 17.3. The van der Waals surface area contributed by atoms with Crippen molar-refractivity contribution < 1.29 is 9.15 Å². The van der Waals surface area contributed by atoms with Gasteiger partial charge in [0.05, 0.1) is 22.1 Å². The highest BCUT2D eigenvalue weighted by atomic mass is 16.5. The van der Waals surface area contributed by atoms with Gasteiger partial charge in [-0.1, -0.05) is 6.07 Å². The van der Waals surface area contributed by atoms with Crippen molar-refractivity contribution in [3.05, 3.63) is 127 Å². The molecule has 2 aromatic carbocycles. The van der Waals surface area contributed by atoms with Crippen molar-refractivity contribution in [2.24, 2.45) is 0 Å². The fourth-order valence-electron chi connectivity index (χ4n) is 7.51. The summed E-state index contributed by atoms with van der Waals surface area (Å²) in [5.74, 6) is 0.852. The van der Waals surface area contributed by atoms with E-state index in [1.54, 1.807) is 0 Å². The molecule has 8 nitrogen and oxygen atoms in total. The van der Waals surface area contributed by atoms with Gasteiger partial charge in [-0.25, -0.2) is 0 Å². The zero-order valence-corrected chi connectivity index (χ0v) is 24.2. The maximum atomic E-state index is 6.63. The standard InChI is InChI=1S/C38H22N6O2/c1-5-27-33(39-15-1)34-28(6-2-16-40-34)43(27)21-9-13-31-25(19-21)23-11-12-24-26-20-22(10-14-32(26)46-38(24)37(23)45-31)44-29-7-3-17-41-35(29)36-30(44)8-4-18-42-36/h1-20,25,31H. The first-order valence-electron chi connectivity index (χ1n) is 15.3. The predicted octanol–water partition coefficient (Wildman–Crippen LogP) is 8.33. The zero-order chi connectivity index (χ0) is 29.9. The SMILES string of the molecule is C1=CC2Oc3c(ccc4c3oc3ccc(-n5c6cccnc6c6ncccc65)cc34)C2C=C1n1c2cccnc2c2ncccc21. The Morgan fingerprint density at radius 2 is 1.22 bits per heavy atom. The average Bonchev–Trinajstić information content (AvgIpc) is 3.85. The molecule has 0 saturated heterocycles. The van der Waals surface area contributed by atoms with Crippen LogP contribution in [-0.2, 0) is 0 Å². The summed E-state index contributed by atoms with van der Waals surface area (Å²) in [6.45, 7) is 0. The average molecular weight is 595 g/mol. The van der Waals surface area contributed by atoms with Gasteiger partial charge >= 0.3 is 0 Å². The molecule has 9 aromatic rings. The van der Waals surface area contributed by atoms with Crippen LogP contribution in [-0.4, -0.2) is 35.2 Å². The van der Waals surface area contributed by atoms with Crippen LogP contribution in [0.2, 0.25) is 0 Å². The second kappa shape index (κ2) is 8.67. The second-order valence-corrected chi connectivity index (χ2v) is 11.9. The van der Waals surface area contributed by atoms with E-state index in [0.29, 0.717) is 0 Å². The lowest BCUT2D eigenvalue weighted by atomic mass is 9.90. The first kappa shape index (κ1) is 24.1. The molecule has 1 aliphatic heterocycles. The molecule has 7 aromatic heterocycles. The van der Waals surface area contributed by atoms with Crippen molar-refractivity contribution in [1.29, 1.82) is 0 Å². The van der Waals surface area contributed by atoms with E-state index in [4.69, 9.17) is 9.15 Å². The van der Waals surface area contributed by atoms with Gasteiger partial charge in [0.2, 0.25) is 0 Å². The molecule has 0 saturated carbocycles. The molecule has 216 valence electrons. The summed E-state index contributed by atoms with van der Waals surface area (Å²) in [5.41, 5.74) is 12.5. The Kier molecular flexibility index (Phi) is 4.54. The number of benzene rings is 2. The molecule has 46 heavy (non-hydrogen) atoms. The fourth-order valence-corrected chi connectivity index (χ4v) is 7.51. The van der Waals surface area contributed by atoms with Crippen LogP contribution in [0.3, 0.4) is 0 Å². The molecule has 11 rings (SSSR count). The number of rotatable bonds is 2. The lowest BCUT2D eigenvalue weighted by Crippen LogP contribution is -2.18. The summed E-state index contributed by atoms with van der Waals surface area (Å²) in [6, 6.07) is 27.0. The van der Waals surface area contributed by atoms with Crippen molar-refractivity contribution in [2.75, 3.05) is 0 Å². The maximum absolute atomic E-state index is 6.63. The molecule has 0 N–H and O–H groups in total. The number of nitrogens with zero attached hydrogens (tertiary/aromatic N) is 6. The van der Waals surface area contributed by atoms with Crippen molar-refractivity contribution in [3.63, 3.8) is 0 Å². The molecular formula is C38H22N6O2. The Morgan fingerprint density at radius 1 is 0.609 bits per heavy atom. The maximum Gasteiger partial charge on any atom is 0.177 e. The minimum Gasteiger partial charge on any atom is -0.481 e. The van der Waals surface area contributed by atoms with Crippen LogP contribution in [0.25, 0.3) is 77.5 Å². The summed E-state index contributed by atoms with van der Waals surface area (Å²) in [4.78, 5) is 18.6. The largest absolute Gasteiger partial charge is 0.481 e. The van der Waals surface area contributed by atoms with Crippen LogP contribution >= 0.6 is 0 Å². The Balaban J connectivity index is 1.07. The summed E-state index contributed by atoms with van der Waals surface area (Å²) in [5, 5.41) is 2.06. The van der Waals surface area contributed by atoms with Gasteiger partial charge in [-0.2, -0.15) is 0 Å². The summed E-state index contributed by atoms with van der Waals surface area (Å²) < 4.78 is 17.6. The number of fused-ring (bicyclic) bond motifs is 13. The Labute approximate surface area is 260 Å². The lowest BCUT2D eigenvalue weighted by Gasteiger charge is -2.20. The molecule has 8 heteroatoms. The van der Waals surface area contributed by atoms with Gasteiger partial charge in [-0.15, -0.1) is 0 Å². The first-order chi connectivity index (χ1) is 22.8. The predicted molar refractivity (Wildman–Crippen MR) is 179 cm³/mol. The molecule has 0 amide bonds. The number of aromatic nitrogens is 6. The molecular weight excluding hydrogens is 572 g/mol. The van der Waals surface area contributed by atoms with E-state index in [1.807, 2.05) is 55.1 Å². The first-order valence-corrected chi connectivity index (χ1v) is 15.3. The van der Waals surface area contributed by atoms with Gasteiger partial charge < -0.3 is 18.3 Å². The zero-order valence-electron chi connectivity index (χ0n) is 24.2. The van der Waals surface area contributed by atoms with Crippen molar-refractivity contribution in [3.8, 4) is 11.4 Å². The topological polar surface area (TPSA) is 83.8 Å². The van der Waals surface area contributed by atoms with Crippen LogP contribution in [0, 0.1) is 0 Å². The third-order valence-electron chi connectivity index (χ3n) is 9.46. The van der Waals surface area contributed by atoms with E-state index in [0.717, 1.165) is 88.8 Å². The molecule has 8 heterocycles. The number of pyridine rings is 4. The third kappa shape index (κ3) is 3.07. The third-order valence-corrected chi connectivity index (χ3v) is 9.46. The smallest absolute Gasteiger partial charge is 0.177 e. The van der Waals surface area contributed by atoms with Crippen molar-refractivity contribution >= 4 is 71.8 Å². The molecule has 2 aliphatic rings. The van der Waals surface area contributed by atoms with Crippen LogP contribution in [0.1, 0.15) is 11.5 Å². The lowest BCUT2D eigenvalue weighted by molar-refractivity contribution is 0.269. The number of ether oxygens (including phenoxy) is 1. The highest BCUT2D eigenvalue weighted by Gasteiger charge is 2.36. The van der Waals surface area contributed by atoms with Gasteiger partial charge in [0.1, 0.15) is 33.8 Å². The minimum absolute atomic E-state index is 0.0432. The molecule has 0 fully saturated rings. The fraction of sp³-hybridized carbons (Fsp3) is 0.0526. The van der Waals surface area contributed by atoms with Gasteiger partial charge in [0.15, 0.2) is 11.3 Å². The van der Waals surface area contributed by atoms with E-state index in [9.17, 15) is 0 Å². The van der Waals surface area contributed by atoms with Gasteiger partial charge in [0, 0.05) is 58.4 Å². The molecule has 0 bridgehead atoms. The van der Waals surface area contributed by atoms with Crippen LogP contribution in [0.4, 0.5) is 0 Å². The molecule has 0 radical (unpaired) electrons. The van der Waals surface area contributed by atoms with Gasteiger partial charge in [-0.05, 0) is 91.0 Å². The quantitative estimate of drug-likeness (QED) is 0.200. The molecule has 2 unspecified atom stereocenters. The molecule has 2 atom stereocenters. The second-order valence-electron chi connectivity index (χ2n) is 11.9. The van der Waals surface area contributed by atoms with E-state index in [1.165, 1.54) is 0 Å². The Bertz CT molecular complexity index is 2710. The van der Waals surface area contributed by atoms with E-state index in [-0.39, 0.29) is 12.0 Å². The Morgan fingerprint density at radius 3 is 1.85 bits per heavy atom. The molecule has 0 spiro atoms. The van der Waals surface area contributed by atoms with Crippen LogP contribution in [0.5, 0.6) is 5.75 Å². The number of furan rings is 1. The van der Waals surface area contributed by atoms with Crippen molar-refractivity contribution in [1.82, 2.24) is 29.1 Å². The summed E-state index contributed by atoms with van der Waals surface area (Å²) >= 11 is 0. The van der Waals surface area contributed by atoms with Crippen LogP contribution < -0.4 is 4.74 Å². The molecule has 1 aliphatic carbocycles. The van der Waals surface area contributed by atoms with Crippen LogP contribution in [0.15, 0.2) is 126 Å². The van der Waals surface area contributed by atoms with E-state index < -0.39 is 0 Å².